The number of carbonyl (C=O) groups excluding carboxylic acids is 1. The van der Waals surface area contributed by atoms with Gasteiger partial charge in [-0.1, -0.05) is 35.1 Å². The Balaban J connectivity index is 1.48. The summed E-state index contributed by atoms with van der Waals surface area (Å²) in [5.74, 6) is -0.471. The molecule has 0 radical (unpaired) electrons. The number of benzene rings is 2. The van der Waals surface area contributed by atoms with E-state index in [1.54, 1.807) is 36.4 Å². The summed E-state index contributed by atoms with van der Waals surface area (Å²) in [4.78, 5) is 12.8. The maximum Gasteiger partial charge on any atom is 0.286 e. The molecular weight excluding hydrogens is 468 g/mol. The highest BCUT2D eigenvalue weighted by molar-refractivity contribution is 7.89. The maximum absolute atomic E-state index is 13.2. The van der Waals surface area contributed by atoms with Crippen LogP contribution in [0.15, 0.2) is 47.4 Å². The number of carbonyl (C=O) groups is 1. The topological polar surface area (TPSA) is 92.3 Å². The van der Waals surface area contributed by atoms with Crippen LogP contribution in [0.5, 0.6) is 0 Å². The van der Waals surface area contributed by atoms with E-state index >= 15 is 0 Å². The van der Waals surface area contributed by atoms with Crippen LogP contribution in [0.3, 0.4) is 0 Å². The van der Waals surface area contributed by atoms with Crippen molar-refractivity contribution in [2.75, 3.05) is 18.4 Å². The second kappa shape index (κ2) is 9.27. The van der Waals surface area contributed by atoms with Crippen LogP contribution >= 0.6 is 22.9 Å². The molecule has 3 aromatic rings. The highest BCUT2D eigenvalue weighted by Crippen LogP contribution is 2.32. The quantitative estimate of drug-likeness (QED) is 0.563. The van der Waals surface area contributed by atoms with Gasteiger partial charge in [-0.2, -0.15) is 4.31 Å². The minimum absolute atomic E-state index is 0.102. The Hall–Kier alpha value is -2.33. The molecule has 1 N–H and O–H groups in total. The third kappa shape index (κ3) is 4.85. The molecule has 0 unspecified atom stereocenters. The fourth-order valence-electron chi connectivity index (χ4n) is 3.63. The first-order valence-corrected chi connectivity index (χ1v) is 12.9. The predicted octanol–water partition coefficient (Wildman–Crippen LogP) is 4.63. The third-order valence-corrected chi connectivity index (χ3v) is 8.75. The summed E-state index contributed by atoms with van der Waals surface area (Å²) in [7, 11) is -3.60. The van der Waals surface area contributed by atoms with Crippen LogP contribution < -0.4 is 5.32 Å². The van der Waals surface area contributed by atoms with E-state index in [0.717, 1.165) is 24.0 Å². The summed E-state index contributed by atoms with van der Waals surface area (Å²) in [6, 6.07) is 12.1. The molecule has 32 heavy (non-hydrogen) atoms. The molecule has 2 aromatic carbocycles. The molecule has 2 heterocycles. The Morgan fingerprint density at radius 2 is 1.97 bits per heavy atom. The van der Waals surface area contributed by atoms with Crippen molar-refractivity contribution in [3.8, 4) is 0 Å². The molecule has 7 nitrogen and oxygen atoms in total. The van der Waals surface area contributed by atoms with Gasteiger partial charge in [0.05, 0.1) is 4.90 Å². The van der Waals surface area contributed by atoms with E-state index in [2.05, 4.69) is 15.5 Å². The zero-order valence-corrected chi connectivity index (χ0v) is 20.1. The molecule has 0 spiro atoms. The number of nitrogens with zero attached hydrogens (tertiary/aromatic N) is 3. The number of hydrogen-bond acceptors (Lipinski definition) is 6. The van der Waals surface area contributed by atoms with Gasteiger partial charge in [-0.3, -0.25) is 4.79 Å². The van der Waals surface area contributed by atoms with Gasteiger partial charge in [-0.25, -0.2) is 8.42 Å². The summed E-state index contributed by atoms with van der Waals surface area (Å²) in [5, 5.41) is 12.4. The molecule has 1 aliphatic rings. The highest BCUT2D eigenvalue weighted by atomic mass is 35.5. The number of piperidine rings is 1. The van der Waals surface area contributed by atoms with Gasteiger partial charge in [-0.15, -0.1) is 10.2 Å². The van der Waals surface area contributed by atoms with Crippen molar-refractivity contribution in [3.63, 3.8) is 0 Å². The molecule has 1 atom stereocenters. The zero-order valence-electron chi connectivity index (χ0n) is 17.7. The zero-order chi connectivity index (χ0) is 22.9. The Morgan fingerprint density at radius 1 is 1.16 bits per heavy atom. The second-order valence-corrected chi connectivity index (χ2v) is 11.2. The number of anilines is 1. The molecule has 168 valence electrons. The molecule has 10 heteroatoms. The van der Waals surface area contributed by atoms with Crippen LogP contribution in [0.2, 0.25) is 5.02 Å². The van der Waals surface area contributed by atoms with Crippen LogP contribution in [-0.2, 0) is 10.0 Å². The SMILES string of the molecule is Cc1ccc(S(=O)(=O)N2CCC[C@@H](c3nnc(C(=O)Nc4cccc(Cl)c4)s3)C2)cc1C. The number of nitrogens with one attached hydrogen (secondary N) is 1. The predicted molar refractivity (Wildman–Crippen MR) is 126 cm³/mol. The minimum atomic E-state index is -3.60. The number of aryl methyl sites for hydroxylation is 2. The van der Waals surface area contributed by atoms with E-state index in [1.165, 1.54) is 15.6 Å². The summed E-state index contributed by atoms with van der Waals surface area (Å²) in [5.41, 5.74) is 2.57. The number of hydrogen-bond donors (Lipinski definition) is 1. The number of aromatic nitrogens is 2. The number of amides is 1. The van der Waals surface area contributed by atoms with Gasteiger partial charge in [0.2, 0.25) is 15.0 Å². The first-order valence-electron chi connectivity index (χ1n) is 10.2. The van der Waals surface area contributed by atoms with E-state index in [9.17, 15) is 13.2 Å². The van der Waals surface area contributed by atoms with Gasteiger partial charge >= 0.3 is 0 Å². The van der Waals surface area contributed by atoms with Gasteiger partial charge in [0.25, 0.3) is 5.91 Å². The summed E-state index contributed by atoms with van der Waals surface area (Å²) in [6.45, 7) is 4.65. The first-order chi connectivity index (χ1) is 15.2. The van der Waals surface area contributed by atoms with Crippen molar-refractivity contribution in [1.82, 2.24) is 14.5 Å². The van der Waals surface area contributed by atoms with Gasteiger partial charge < -0.3 is 5.32 Å². The summed E-state index contributed by atoms with van der Waals surface area (Å²) < 4.78 is 27.9. The third-order valence-electron chi connectivity index (χ3n) is 5.57. The van der Waals surface area contributed by atoms with Crippen LogP contribution in [0.25, 0.3) is 0 Å². The maximum atomic E-state index is 13.2. The van der Waals surface area contributed by atoms with E-state index < -0.39 is 10.0 Å². The average Bonchev–Trinajstić information content (AvgIpc) is 3.26. The van der Waals surface area contributed by atoms with Crippen LogP contribution in [-0.4, -0.2) is 41.9 Å². The van der Waals surface area contributed by atoms with Gasteiger partial charge in [0.15, 0.2) is 0 Å². The lowest BCUT2D eigenvalue weighted by atomic mass is 10.0. The molecule has 0 aliphatic carbocycles. The Kier molecular flexibility index (Phi) is 6.62. The minimum Gasteiger partial charge on any atom is -0.320 e. The van der Waals surface area contributed by atoms with Crippen molar-refractivity contribution >= 4 is 44.6 Å². The van der Waals surface area contributed by atoms with E-state index in [4.69, 9.17) is 11.6 Å². The number of sulfonamides is 1. The van der Waals surface area contributed by atoms with E-state index in [0.29, 0.717) is 33.7 Å². The second-order valence-electron chi connectivity index (χ2n) is 7.86. The molecule has 4 rings (SSSR count). The van der Waals surface area contributed by atoms with Crippen molar-refractivity contribution in [2.45, 2.75) is 37.5 Å². The molecule has 1 saturated heterocycles. The largest absolute Gasteiger partial charge is 0.320 e. The fraction of sp³-hybridized carbons (Fsp3) is 0.318. The molecule has 1 fully saturated rings. The fourth-order valence-corrected chi connectivity index (χ4v) is 6.29. The van der Waals surface area contributed by atoms with Crippen molar-refractivity contribution < 1.29 is 13.2 Å². The lowest BCUT2D eigenvalue weighted by molar-refractivity contribution is 0.102. The standard InChI is InChI=1S/C22H23ClN4O3S2/c1-14-8-9-19(11-15(14)2)32(29,30)27-10-4-5-16(13-27)21-25-26-22(31-21)20(28)24-18-7-3-6-17(23)12-18/h3,6-9,11-12,16H,4-5,10,13H2,1-2H3,(H,24,28)/t16-/m1/s1. The van der Waals surface area contributed by atoms with Gasteiger partial charge in [-0.05, 0) is 68.1 Å². The molecular formula is C22H23ClN4O3S2. The van der Waals surface area contributed by atoms with E-state index in [-0.39, 0.29) is 16.8 Å². The van der Waals surface area contributed by atoms with Crippen LogP contribution in [0.4, 0.5) is 5.69 Å². The van der Waals surface area contributed by atoms with Crippen LogP contribution in [0, 0.1) is 13.8 Å². The van der Waals surface area contributed by atoms with Crippen molar-refractivity contribution in [1.29, 1.82) is 0 Å². The lowest BCUT2D eigenvalue weighted by Crippen LogP contribution is -2.39. The lowest BCUT2D eigenvalue weighted by Gasteiger charge is -2.30. The highest BCUT2D eigenvalue weighted by Gasteiger charge is 2.33. The summed E-state index contributed by atoms with van der Waals surface area (Å²) in [6.07, 6.45) is 1.52. The van der Waals surface area contributed by atoms with E-state index in [1.807, 2.05) is 19.9 Å². The molecule has 1 aromatic heterocycles. The monoisotopic (exact) mass is 490 g/mol. The Labute approximate surface area is 196 Å². The molecule has 1 aliphatic heterocycles. The smallest absolute Gasteiger partial charge is 0.286 e. The van der Waals surface area contributed by atoms with Crippen LogP contribution in [0.1, 0.15) is 44.7 Å². The summed E-state index contributed by atoms with van der Waals surface area (Å²) >= 11 is 7.16. The van der Waals surface area contributed by atoms with Gasteiger partial charge in [0, 0.05) is 29.7 Å². The Morgan fingerprint density at radius 3 is 2.72 bits per heavy atom. The molecule has 1 amide bonds. The number of rotatable bonds is 5. The number of halogens is 1. The first kappa shape index (κ1) is 22.8. The average molecular weight is 491 g/mol. The molecule has 0 bridgehead atoms. The van der Waals surface area contributed by atoms with Crippen molar-refractivity contribution in [2.24, 2.45) is 0 Å². The van der Waals surface area contributed by atoms with Crippen molar-refractivity contribution in [3.05, 3.63) is 68.6 Å². The normalized spacial score (nSPS) is 17.3. The molecule has 0 saturated carbocycles. The van der Waals surface area contributed by atoms with Gasteiger partial charge in [0.1, 0.15) is 5.01 Å². The Bertz CT molecular complexity index is 1260.